The minimum Gasteiger partial charge on any atom is -0.382 e. The van der Waals surface area contributed by atoms with Crippen molar-refractivity contribution < 1.29 is 4.74 Å². The van der Waals surface area contributed by atoms with E-state index < -0.39 is 0 Å². The summed E-state index contributed by atoms with van der Waals surface area (Å²) < 4.78 is 5.21. The Labute approximate surface area is 103 Å². The van der Waals surface area contributed by atoms with E-state index in [1.165, 1.54) is 6.42 Å². The standard InChI is InChI=1S/C12H24N2OS/c1-5-6-10(9-15-4)13-11-14-12(2,3)7-8-16-11/h10H,5-9H2,1-4H3,(H,13,14). The number of ether oxygens (including phenoxy) is 1. The number of methoxy groups -OCH3 is 1. The van der Waals surface area contributed by atoms with Crippen LogP contribution in [0.4, 0.5) is 0 Å². The van der Waals surface area contributed by atoms with Crippen LogP contribution < -0.4 is 5.32 Å². The monoisotopic (exact) mass is 244 g/mol. The van der Waals surface area contributed by atoms with Gasteiger partial charge >= 0.3 is 0 Å². The van der Waals surface area contributed by atoms with E-state index in [9.17, 15) is 0 Å². The number of nitrogens with zero attached hydrogens (tertiary/aromatic N) is 1. The van der Waals surface area contributed by atoms with Gasteiger partial charge in [0, 0.05) is 18.4 Å². The van der Waals surface area contributed by atoms with E-state index in [1.807, 2.05) is 11.8 Å². The number of nitrogens with one attached hydrogen (secondary N) is 1. The zero-order valence-electron chi connectivity index (χ0n) is 10.9. The molecule has 0 aromatic rings. The number of amidine groups is 1. The zero-order chi connectivity index (χ0) is 12.0. The van der Waals surface area contributed by atoms with Gasteiger partial charge in [-0.2, -0.15) is 0 Å². The SMILES string of the molecule is CCCC(COC)N=C1NC(C)(C)CCS1. The number of hydrogen-bond acceptors (Lipinski definition) is 3. The van der Waals surface area contributed by atoms with Gasteiger partial charge in [0.2, 0.25) is 0 Å². The molecule has 0 radical (unpaired) electrons. The number of thioether (sulfide) groups is 1. The summed E-state index contributed by atoms with van der Waals surface area (Å²) in [6.07, 6.45) is 3.44. The average molecular weight is 244 g/mol. The van der Waals surface area contributed by atoms with E-state index in [0.717, 1.165) is 30.4 Å². The number of rotatable bonds is 5. The Hall–Kier alpha value is -0.220. The molecule has 0 aliphatic carbocycles. The Morgan fingerprint density at radius 2 is 2.31 bits per heavy atom. The fraction of sp³-hybridized carbons (Fsp3) is 0.917. The molecule has 0 amide bonds. The Morgan fingerprint density at radius 1 is 1.56 bits per heavy atom. The van der Waals surface area contributed by atoms with Crippen LogP contribution in [0.1, 0.15) is 40.0 Å². The average Bonchev–Trinajstić information content (AvgIpc) is 2.16. The van der Waals surface area contributed by atoms with Crippen molar-refractivity contribution in [3.05, 3.63) is 0 Å². The third-order valence-electron chi connectivity index (χ3n) is 2.69. The van der Waals surface area contributed by atoms with Crippen molar-refractivity contribution in [3.63, 3.8) is 0 Å². The van der Waals surface area contributed by atoms with Crippen LogP contribution in [0, 0.1) is 0 Å². The Kier molecular flexibility index (Phi) is 5.62. The van der Waals surface area contributed by atoms with E-state index in [1.54, 1.807) is 7.11 Å². The van der Waals surface area contributed by atoms with Gasteiger partial charge in [-0.1, -0.05) is 25.1 Å². The van der Waals surface area contributed by atoms with E-state index in [-0.39, 0.29) is 5.54 Å². The second-order valence-electron chi connectivity index (χ2n) is 4.94. The first-order valence-corrected chi connectivity index (χ1v) is 7.03. The molecule has 0 saturated carbocycles. The maximum Gasteiger partial charge on any atom is 0.157 e. The highest BCUT2D eigenvalue weighted by molar-refractivity contribution is 8.13. The highest BCUT2D eigenvalue weighted by Crippen LogP contribution is 2.22. The predicted octanol–water partition coefficient (Wildman–Crippen LogP) is 2.66. The van der Waals surface area contributed by atoms with Crippen molar-refractivity contribution in [2.45, 2.75) is 51.6 Å². The minimum absolute atomic E-state index is 0.188. The highest BCUT2D eigenvalue weighted by Gasteiger charge is 2.24. The van der Waals surface area contributed by atoms with Gasteiger partial charge in [-0.05, 0) is 26.7 Å². The van der Waals surface area contributed by atoms with E-state index in [0.29, 0.717) is 6.04 Å². The second-order valence-corrected chi connectivity index (χ2v) is 6.02. The summed E-state index contributed by atoms with van der Waals surface area (Å²) in [5.74, 6) is 1.16. The largest absolute Gasteiger partial charge is 0.382 e. The molecule has 16 heavy (non-hydrogen) atoms. The summed E-state index contributed by atoms with van der Waals surface area (Å²) in [4.78, 5) is 4.75. The molecule has 1 unspecified atom stereocenters. The normalized spacial score (nSPS) is 24.1. The lowest BCUT2D eigenvalue weighted by Gasteiger charge is -2.32. The molecule has 94 valence electrons. The second kappa shape index (κ2) is 6.50. The quantitative estimate of drug-likeness (QED) is 0.807. The third-order valence-corrected chi connectivity index (χ3v) is 3.58. The van der Waals surface area contributed by atoms with Crippen molar-refractivity contribution in [3.8, 4) is 0 Å². The van der Waals surface area contributed by atoms with Gasteiger partial charge in [0.15, 0.2) is 5.17 Å². The lowest BCUT2D eigenvalue weighted by Crippen LogP contribution is -2.46. The number of hydrogen-bond donors (Lipinski definition) is 1. The Bertz CT molecular complexity index is 235. The molecule has 1 fully saturated rings. The molecule has 3 nitrogen and oxygen atoms in total. The van der Waals surface area contributed by atoms with Crippen molar-refractivity contribution in [2.75, 3.05) is 19.5 Å². The fourth-order valence-electron chi connectivity index (χ4n) is 1.74. The van der Waals surface area contributed by atoms with Gasteiger partial charge in [0.1, 0.15) is 0 Å². The molecule has 1 heterocycles. The van der Waals surface area contributed by atoms with Crippen molar-refractivity contribution >= 4 is 16.9 Å². The molecule has 4 heteroatoms. The van der Waals surface area contributed by atoms with Gasteiger partial charge in [-0.3, -0.25) is 4.99 Å². The van der Waals surface area contributed by atoms with Gasteiger partial charge < -0.3 is 10.1 Å². The molecule has 1 saturated heterocycles. The first-order valence-electron chi connectivity index (χ1n) is 6.05. The molecule has 0 bridgehead atoms. The van der Waals surface area contributed by atoms with Crippen LogP contribution in [0.5, 0.6) is 0 Å². The predicted molar refractivity (Wildman–Crippen MR) is 72.3 cm³/mol. The molecule has 1 N–H and O–H groups in total. The fourth-order valence-corrected chi connectivity index (χ4v) is 3.11. The van der Waals surface area contributed by atoms with Crippen molar-refractivity contribution in [1.29, 1.82) is 0 Å². The maximum absolute atomic E-state index is 5.21. The lowest BCUT2D eigenvalue weighted by atomic mass is 10.0. The van der Waals surface area contributed by atoms with Crippen LogP contribution in [-0.4, -0.2) is 36.2 Å². The molecular formula is C12H24N2OS. The van der Waals surface area contributed by atoms with E-state index in [4.69, 9.17) is 9.73 Å². The molecular weight excluding hydrogens is 220 g/mol. The van der Waals surface area contributed by atoms with Crippen molar-refractivity contribution in [1.82, 2.24) is 5.32 Å². The van der Waals surface area contributed by atoms with Crippen LogP contribution in [0.3, 0.4) is 0 Å². The van der Waals surface area contributed by atoms with Gasteiger partial charge in [-0.15, -0.1) is 0 Å². The summed E-state index contributed by atoms with van der Waals surface area (Å²) >= 11 is 1.83. The summed E-state index contributed by atoms with van der Waals surface area (Å²) in [7, 11) is 1.74. The van der Waals surface area contributed by atoms with Crippen LogP contribution in [0.25, 0.3) is 0 Å². The van der Waals surface area contributed by atoms with Gasteiger partial charge in [0.05, 0.1) is 12.6 Å². The maximum atomic E-state index is 5.21. The Morgan fingerprint density at radius 3 is 2.88 bits per heavy atom. The van der Waals surface area contributed by atoms with E-state index in [2.05, 4.69) is 26.1 Å². The summed E-state index contributed by atoms with van der Waals surface area (Å²) in [5, 5.41) is 4.59. The zero-order valence-corrected chi connectivity index (χ0v) is 11.7. The van der Waals surface area contributed by atoms with Crippen LogP contribution >= 0.6 is 11.8 Å². The molecule has 1 aliphatic rings. The van der Waals surface area contributed by atoms with Crippen LogP contribution in [0.2, 0.25) is 0 Å². The molecule has 0 aromatic heterocycles. The lowest BCUT2D eigenvalue weighted by molar-refractivity contribution is 0.177. The number of aliphatic imine (C=N–C) groups is 1. The first-order chi connectivity index (χ1) is 7.57. The minimum atomic E-state index is 0.188. The van der Waals surface area contributed by atoms with Gasteiger partial charge in [-0.25, -0.2) is 0 Å². The topological polar surface area (TPSA) is 33.6 Å². The Balaban J connectivity index is 2.57. The molecule has 0 spiro atoms. The van der Waals surface area contributed by atoms with E-state index >= 15 is 0 Å². The molecule has 1 aliphatic heterocycles. The summed E-state index contributed by atoms with van der Waals surface area (Å²) in [5.41, 5.74) is 0.188. The first kappa shape index (κ1) is 13.8. The van der Waals surface area contributed by atoms with Gasteiger partial charge in [0.25, 0.3) is 0 Å². The highest BCUT2D eigenvalue weighted by atomic mass is 32.2. The molecule has 1 rings (SSSR count). The third kappa shape index (κ3) is 4.74. The molecule has 0 aromatic carbocycles. The smallest absolute Gasteiger partial charge is 0.157 e. The van der Waals surface area contributed by atoms with Crippen LogP contribution in [-0.2, 0) is 4.74 Å². The summed E-state index contributed by atoms with van der Waals surface area (Å²) in [6, 6.07) is 0.305. The van der Waals surface area contributed by atoms with Crippen molar-refractivity contribution in [2.24, 2.45) is 4.99 Å². The molecule has 1 atom stereocenters. The van der Waals surface area contributed by atoms with Crippen LogP contribution in [0.15, 0.2) is 4.99 Å². The summed E-state index contributed by atoms with van der Waals surface area (Å²) in [6.45, 7) is 7.37.